The van der Waals surface area contributed by atoms with Crippen LogP contribution in [0.4, 0.5) is 5.69 Å². The molecule has 98 valence electrons. The molecule has 3 heteroatoms. The lowest BCUT2D eigenvalue weighted by molar-refractivity contribution is 0.534. The van der Waals surface area contributed by atoms with Crippen molar-refractivity contribution in [2.75, 3.05) is 37.6 Å². The zero-order valence-corrected chi connectivity index (χ0v) is 11.0. The summed E-state index contributed by atoms with van der Waals surface area (Å²) in [5.74, 6) is 0. The summed E-state index contributed by atoms with van der Waals surface area (Å²) < 4.78 is 0. The van der Waals surface area contributed by atoms with Crippen LogP contribution in [-0.4, -0.2) is 38.8 Å². The Morgan fingerprint density at radius 3 is 3.17 bits per heavy atom. The Labute approximate surface area is 110 Å². The maximum atomic E-state index is 3.64. The first-order valence-corrected chi connectivity index (χ1v) is 7.20. The van der Waals surface area contributed by atoms with Gasteiger partial charge in [0.05, 0.1) is 0 Å². The highest BCUT2D eigenvalue weighted by Gasteiger charge is 2.18. The second-order valence-electron chi connectivity index (χ2n) is 5.36. The number of nitrogens with one attached hydrogen (secondary N) is 2. The molecule has 18 heavy (non-hydrogen) atoms. The maximum absolute atomic E-state index is 3.64. The van der Waals surface area contributed by atoms with Crippen molar-refractivity contribution in [3.05, 3.63) is 29.8 Å². The third kappa shape index (κ3) is 2.68. The molecule has 0 bridgehead atoms. The number of fused-ring (bicyclic) bond motifs is 1. The van der Waals surface area contributed by atoms with Crippen LogP contribution in [-0.2, 0) is 6.42 Å². The summed E-state index contributed by atoms with van der Waals surface area (Å²) in [4.78, 5) is 2.53. The molecular weight excluding hydrogens is 222 g/mol. The van der Waals surface area contributed by atoms with Crippen LogP contribution >= 0.6 is 0 Å². The molecule has 3 nitrogen and oxygen atoms in total. The second kappa shape index (κ2) is 5.72. The van der Waals surface area contributed by atoms with Crippen LogP contribution in [0.15, 0.2) is 24.3 Å². The smallest absolute Gasteiger partial charge is 0.0399 e. The lowest BCUT2D eigenvalue weighted by Gasteiger charge is -2.20. The van der Waals surface area contributed by atoms with E-state index in [1.165, 1.54) is 50.1 Å². The van der Waals surface area contributed by atoms with Crippen molar-refractivity contribution in [2.24, 2.45) is 0 Å². The van der Waals surface area contributed by atoms with Gasteiger partial charge in [-0.05, 0) is 44.0 Å². The van der Waals surface area contributed by atoms with Crippen LogP contribution in [0.1, 0.15) is 18.4 Å². The summed E-state index contributed by atoms with van der Waals surface area (Å²) in [6, 6.07) is 9.53. The van der Waals surface area contributed by atoms with Crippen LogP contribution < -0.4 is 15.5 Å². The molecular formula is C15H23N3. The largest absolute Gasteiger partial charge is 0.371 e. The number of hydrogen-bond acceptors (Lipinski definition) is 3. The van der Waals surface area contributed by atoms with Gasteiger partial charge in [-0.25, -0.2) is 0 Å². The maximum Gasteiger partial charge on any atom is 0.0399 e. The molecule has 1 saturated heterocycles. The topological polar surface area (TPSA) is 27.3 Å². The van der Waals surface area contributed by atoms with Gasteiger partial charge in [-0.15, -0.1) is 0 Å². The average Bonchev–Trinajstić information content (AvgIpc) is 3.04. The summed E-state index contributed by atoms with van der Waals surface area (Å²) >= 11 is 0. The molecule has 2 aliphatic rings. The predicted octanol–water partition coefficient (Wildman–Crippen LogP) is 1.39. The normalized spacial score (nSPS) is 22.4. The van der Waals surface area contributed by atoms with E-state index in [9.17, 15) is 0 Å². The SMILES string of the molecule is c1ccc2c(c1)CCN2CCCNC1CCNC1. The van der Waals surface area contributed by atoms with Crippen molar-refractivity contribution in [3.63, 3.8) is 0 Å². The van der Waals surface area contributed by atoms with Crippen LogP contribution in [0, 0.1) is 0 Å². The molecule has 1 aromatic carbocycles. The van der Waals surface area contributed by atoms with Gasteiger partial charge >= 0.3 is 0 Å². The number of para-hydroxylation sites is 1. The number of benzene rings is 1. The zero-order chi connectivity index (χ0) is 12.2. The van der Waals surface area contributed by atoms with Crippen LogP contribution in [0.2, 0.25) is 0 Å². The molecule has 1 aromatic rings. The Kier molecular flexibility index (Phi) is 3.81. The van der Waals surface area contributed by atoms with Gasteiger partial charge in [-0.3, -0.25) is 0 Å². The van der Waals surface area contributed by atoms with Crippen molar-refractivity contribution in [1.29, 1.82) is 0 Å². The molecule has 2 aliphatic heterocycles. The molecule has 1 atom stereocenters. The van der Waals surface area contributed by atoms with Gasteiger partial charge in [0.15, 0.2) is 0 Å². The fourth-order valence-corrected chi connectivity index (χ4v) is 3.04. The van der Waals surface area contributed by atoms with Crippen molar-refractivity contribution >= 4 is 5.69 Å². The van der Waals surface area contributed by atoms with E-state index in [-0.39, 0.29) is 0 Å². The zero-order valence-electron chi connectivity index (χ0n) is 11.0. The molecule has 0 radical (unpaired) electrons. The van der Waals surface area contributed by atoms with E-state index in [1.54, 1.807) is 0 Å². The Hall–Kier alpha value is -1.06. The molecule has 0 aliphatic carbocycles. The summed E-state index contributed by atoms with van der Waals surface area (Å²) in [6.07, 6.45) is 3.74. The van der Waals surface area contributed by atoms with Gasteiger partial charge in [-0.1, -0.05) is 18.2 Å². The first kappa shape index (κ1) is 12.0. The Morgan fingerprint density at radius 1 is 1.33 bits per heavy atom. The third-order valence-electron chi connectivity index (χ3n) is 4.08. The molecule has 0 saturated carbocycles. The van der Waals surface area contributed by atoms with Crippen LogP contribution in [0.3, 0.4) is 0 Å². The Morgan fingerprint density at radius 2 is 2.28 bits per heavy atom. The van der Waals surface area contributed by atoms with E-state index >= 15 is 0 Å². The van der Waals surface area contributed by atoms with Gasteiger partial charge in [0.1, 0.15) is 0 Å². The monoisotopic (exact) mass is 245 g/mol. The summed E-state index contributed by atoms with van der Waals surface area (Å²) in [7, 11) is 0. The van der Waals surface area contributed by atoms with E-state index in [0.29, 0.717) is 6.04 Å². The lowest BCUT2D eigenvalue weighted by Crippen LogP contribution is -2.33. The standard InChI is InChI=1S/C15H23N3/c1-2-5-15-13(4-1)7-11-18(15)10-3-8-17-14-6-9-16-12-14/h1-2,4-5,14,16-17H,3,6-12H2. The first-order chi connectivity index (χ1) is 8.93. The molecule has 1 unspecified atom stereocenters. The van der Waals surface area contributed by atoms with E-state index in [1.807, 2.05) is 0 Å². The highest BCUT2D eigenvalue weighted by molar-refractivity contribution is 5.57. The van der Waals surface area contributed by atoms with Gasteiger partial charge in [0.2, 0.25) is 0 Å². The van der Waals surface area contributed by atoms with Crippen LogP contribution in [0.25, 0.3) is 0 Å². The van der Waals surface area contributed by atoms with Crippen LogP contribution in [0.5, 0.6) is 0 Å². The van der Waals surface area contributed by atoms with Gasteiger partial charge in [-0.2, -0.15) is 0 Å². The summed E-state index contributed by atoms with van der Waals surface area (Å²) in [5.41, 5.74) is 2.98. The molecule has 0 aromatic heterocycles. The van der Waals surface area contributed by atoms with E-state index in [2.05, 4.69) is 39.8 Å². The molecule has 0 spiro atoms. The summed E-state index contributed by atoms with van der Waals surface area (Å²) in [5, 5.41) is 7.03. The predicted molar refractivity (Wildman–Crippen MR) is 76.3 cm³/mol. The number of rotatable bonds is 5. The molecule has 1 fully saturated rings. The minimum atomic E-state index is 0.705. The third-order valence-corrected chi connectivity index (χ3v) is 4.08. The minimum absolute atomic E-state index is 0.705. The first-order valence-electron chi connectivity index (χ1n) is 7.20. The van der Waals surface area contributed by atoms with Gasteiger partial charge in [0.25, 0.3) is 0 Å². The number of anilines is 1. The summed E-state index contributed by atoms with van der Waals surface area (Å²) in [6.45, 7) is 5.85. The van der Waals surface area contributed by atoms with E-state index in [0.717, 1.165) is 13.1 Å². The molecule has 3 rings (SSSR count). The molecule has 2 heterocycles. The quantitative estimate of drug-likeness (QED) is 0.768. The molecule has 2 N–H and O–H groups in total. The lowest BCUT2D eigenvalue weighted by atomic mass is 10.2. The minimum Gasteiger partial charge on any atom is -0.371 e. The van der Waals surface area contributed by atoms with Crippen molar-refractivity contribution in [1.82, 2.24) is 10.6 Å². The van der Waals surface area contributed by atoms with Gasteiger partial charge in [0, 0.05) is 31.4 Å². The fourth-order valence-electron chi connectivity index (χ4n) is 3.04. The Bertz CT molecular complexity index is 385. The number of nitrogens with zero attached hydrogens (tertiary/aromatic N) is 1. The van der Waals surface area contributed by atoms with E-state index in [4.69, 9.17) is 0 Å². The van der Waals surface area contributed by atoms with E-state index < -0.39 is 0 Å². The van der Waals surface area contributed by atoms with Crippen molar-refractivity contribution in [2.45, 2.75) is 25.3 Å². The highest BCUT2D eigenvalue weighted by atomic mass is 15.1. The Balaban J connectivity index is 1.41. The second-order valence-corrected chi connectivity index (χ2v) is 5.36. The van der Waals surface area contributed by atoms with Crippen molar-refractivity contribution in [3.8, 4) is 0 Å². The average molecular weight is 245 g/mol. The molecule has 0 amide bonds. The highest BCUT2D eigenvalue weighted by Crippen LogP contribution is 2.27. The van der Waals surface area contributed by atoms with Crippen molar-refractivity contribution < 1.29 is 0 Å². The fraction of sp³-hybridized carbons (Fsp3) is 0.600. The number of hydrogen-bond donors (Lipinski definition) is 2. The van der Waals surface area contributed by atoms with Gasteiger partial charge < -0.3 is 15.5 Å².